The van der Waals surface area contributed by atoms with E-state index >= 15 is 0 Å². The molecule has 1 saturated heterocycles. The summed E-state index contributed by atoms with van der Waals surface area (Å²) in [5.41, 5.74) is 0.486. The summed E-state index contributed by atoms with van der Waals surface area (Å²) in [6, 6.07) is 4.24. The highest BCUT2D eigenvalue weighted by molar-refractivity contribution is 7.91. The van der Waals surface area contributed by atoms with Crippen molar-refractivity contribution in [2.45, 2.75) is 26.3 Å². The molecule has 2 heterocycles. The first-order valence-electron chi connectivity index (χ1n) is 8.58. The van der Waals surface area contributed by atoms with E-state index in [0.717, 1.165) is 11.3 Å². The Kier molecular flexibility index (Phi) is 5.53. The van der Waals surface area contributed by atoms with Gasteiger partial charge in [-0.3, -0.25) is 4.79 Å². The number of benzene rings is 1. The predicted octanol–water partition coefficient (Wildman–Crippen LogP) is 2.54. The molecular weight excluding hydrogens is 393 g/mol. The Morgan fingerprint density at radius 2 is 2.11 bits per heavy atom. The van der Waals surface area contributed by atoms with Crippen LogP contribution in [0.2, 0.25) is 0 Å². The SMILES string of the molecule is CCN(C(=O)COC(=O)c1sc2cccc(F)c2c1C)[C@@H]1CCS(=O)(=O)C1. The predicted molar refractivity (Wildman–Crippen MR) is 101 cm³/mol. The van der Waals surface area contributed by atoms with Crippen molar-refractivity contribution in [3.05, 3.63) is 34.5 Å². The van der Waals surface area contributed by atoms with Gasteiger partial charge in [-0.25, -0.2) is 17.6 Å². The zero-order valence-electron chi connectivity index (χ0n) is 15.0. The summed E-state index contributed by atoms with van der Waals surface area (Å²) >= 11 is 1.12. The van der Waals surface area contributed by atoms with Gasteiger partial charge in [-0.2, -0.15) is 0 Å². The molecule has 0 radical (unpaired) electrons. The zero-order valence-corrected chi connectivity index (χ0v) is 16.7. The number of carbonyl (C=O) groups is 2. The Morgan fingerprint density at radius 3 is 2.70 bits per heavy atom. The highest BCUT2D eigenvalue weighted by atomic mass is 32.2. The molecule has 0 spiro atoms. The van der Waals surface area contributed by atoms with Crippen molar-refractivity contribution in [1.82, 2.24) is 4.90 Å². The Bertz CT molecular complexity index is 999. The highest BCUT2D eigenvalue weighted by Gasteiger charge is 2.34. The van der Waals surface area contributed by atoms with Crippen molar-refractivity contribution in [1.29, 1.82) is 0 Å². The fraction of sp³-hybridized carbons (Fsp3) is 0.444. The van der Waals surface area contributed by atoms with Gasteiger partial charge < -0.3 is 9.64 Å². The molecule has 1 aliphatic rings. The van der Waals surface area contributed by atoms with Gasteiger partial charge >= 0.3 is 5.97 Å². The van der Waals surface area contributed by atoms with Crippen LogP contribution in [0, 0.1) is 12.7 Å². The first kappa shape index (κ1) is 19.8. The second-order valence-electron chi connectivity index (χ2n) is 6.48. The lowest BCUT2D eigenvalue weighted by Gasteiger charge is -2.26. The molecule has 2 aromatic rings. The summed E-state index contributed by atoms with van der Waals surface area (Å²) in [6.07, 6.45) is 0.393. The van der Waals surface area contributed by atoms with Gasteiger partial charge in [0.15, 0.2) is 16.4 Å². The number of rotatable bonds is 5. The number of carbonyl (C=O) groups excluding carboxylic acids is 2. The summed E-state index contributed by atoms with van der Waals surface area (Å²) in [5, 5.41) is 0.382. The first-order valence-corrected chi connectivity index (χ1v) is 11.2. The first-order chi connectivity index (χ1) is 12.7. The second kappa shape index (κ2) is 7.55. The molecule has 1 aromatic heterocycles. The van der Waals surface area contributed by atoms with Crippen LogP contribution in [0.3, 0.4) is 0 Å². The van der Waals surface area contributed by atoms with Crippen LogP contribution in [0.1, 0.15) is 28.6 Å². The van der Waals surface area contributed by atoms with E-state index in [9.17, 15) is 22.4 Å². The second-order valence-corrected chi connectivity index (χ2v) is 9.76. The lowest BCUT2D eigenvalue weighted by Crippen LogP contribution is -2.43. The smallest absolute Gasteiger partial charge is 0.349 e. The van der Waals surface area contributed by atoms with Crippen LogP contribution < -0.4 is 0 Å². The molecule has 1 aromatic carbocycles. The van der Waals surface area contributed by atoms with E-state index in [0.29, 0.717) is 28.6 Å². The van der Waals surface area contributed by atoms with Gasteiger partial charge in [0.05, 0.1) is 11.5 Å². The Morgan fingerprint density at radius 1 is 1.37 bits per heavy atom. The molecule has 27 heavy (non-hydrogen) atoms. The number of amides is 1. The third-order valence-electron chi connectivity index (χ3n) is 4.73. The fourth-order valence-corrected chi connectivity index (χ4v) is 6.23. The molecular formula is C18H20FNO5S2. The number of thiophene rings is 1. The number of hydrogen-bond acceptors (Lipinski definition) is 6. The van der Waals surface area contributed by atoms with Crippen molar-refractivity contribution < 1.29 is 27.1 Å². The number of aryl methyl sites for hydroxylation is 1. The number of likely N-dealkylation sites (N-methyl/N-ethyl adjacent to an activating group) is 1. The molecule has 0 N–H and O–H groups in total. The number of ether oxygens (including phenoxy) is 1. The molecule has 1 amide bonds. The Hall–Kier alpha value is -2.00. The van der Waals surface area contributed by atoms with E-state index in [4.69, 9.17) is 4.74 Å². The van der Waals surface area contributed by atoms with E-state index in [-0.39, 0.29) is 22.4 Å². The monoisotopic (exact) mass is 413 g/mol. The van der Waals surface area contributed by atoms with E-state index in [1.807, 2.05) is 0 Å². The lowest BCUT2D eigenvalue weighted by molar-refractivity contribution is -0.136. The summed E-state index contributed by atoms with van der Waals surface area (Å²) in [6.45, 7) is 3.26. The van der Waals surface area contributed by atoms with Crippen LogP contribution >= 0.6 is 11.3 Å². The average molecular weight is 413 g/mol. The number of halogens is 1. The topological polar surface area (TPSA) is 80.8 Å². The number of fused-ring (bicyclic) bond motifs is 1. The third-order valence-corrected chi connectivity index (χ3v) is 7.71. The largest absolute Gasteiger partial charge is 0.451 e. The summed E-state index contributed by atoms with van der Waals surface area (Å²) in [4.78, 5) is 26.5. The number of esters is 1. The highest BCUT2D eigenvalue weighted by Crippen LogP contribution is 2.33. The lowest BCUT2D eigenvalue weighted by atomic mass is 10.1. The molecule has 6 nitrogen and oxygen atoms in total. The van der Waals surface area contributed by atoms with Crippen LogP contribution in [0.5, 0.6) is 0 Å². The molecule has 146 valence electrons. The summed E-state index contributed by atoms with van der Waals surface area (Å²) < 4.78 is 43.0. The van der Waals surface area contributed by atoms with Crippen molar-refractivity contribution >= 4 is 43.1 Å². The number of hydrogen-bond donors (Lipinski definition) is 0. The maximum absolute atomic E-state index is 14.0. The van der Waals surface area contributed by atoms with Crippen molar-refractivity contribution in [2.24, 2.45) is 0 Å². The van der Waals surface area contributed by atoms with E-state index in [1.54, 1.807) is 26.0 Å². The normalized spacial score (nSPS) is 18.6. The number of sulfone groups is 1. The summed E-state index contributed by atoms with van der Waals surface area (Å²) in [7, 11) is -3.12. The maximum atomic E-state index is 14.0. The molecule has 3 rings (SSSR count). The molecule has 1 aliphatic heterocycles. The Labute approximate surface area is 160 Å². The van der Waals surface area contributed by atoms with Crippen molar-refractivity contribution in [3.8, 4) is 0 Å². The van der Waals surface area contributed by atoms with Crippen LogP contribution in [0.15, 0.2) is 18.2 Å². The van der Waals surface area contributed by atoms with E-state index in [2.05, 4.69) is 0 Å². The Balaban J connectivity index is 1.69. The maximum Gasteiger partial charge on any atom is 0.349 e. The molecule has 0 bridgehead atoms. The van der Waals surface area contributed by atoms with Gasteiger partial charge in [0.2, 0.25) is 0 Å². The minimum Gasteiger partial charge on any atom is -0.451 e. The molecule has 1 atom stereocenters. The molecule has 0 saturated carbocycles. The van der Waals surface area contributed by atoms with Crippen molar-refractivity contribution in [2.75, 3.05) is 24.7 Å². The van der Waals surface area contributed by atoms with Crippen LogP contribution in [-0.4, -0.2) is 55.9 Å². The zero-order chi connectivity index (χ0) is 19.8. The molecule has 1 fully saturated rings. The van der Waals surface area contributed by atoms with Crippen LogP contribution in [-0.2, 0) is 19.4 Å². The van der Waals surface area contributed by atoms with Crippen LogP contribution in [0.4, 0.5) is 4.39 Å². The van der Waals surface area contributed by atoms with Crippen molar-refractivity contribution in [3.63, 3.8) is 0 Å². The fourth-order valence-electron chi connectivity index (χ4n) is 3.38. The average Bonchev–Trinajstić information content (AvgIpc) is 3.14. The van der Waals surface area contributed by atoms with Gasteiger partial charge in [0.25, 0.3) is 5.91 Å². The molecule has 0 unspecified atom stereocenters. The van der Waals surface area contributed by atoms with Gasteiger partial charge in [-0.15, -0.1) is 11.3 Å². The van der Waals surface area contributed by atoms with Gasteiger partial charge in [-0.1, -0.05) is 6.07 Å². The third kappa shape index (κ3) is 3.98. The van der Waals surface area contributed by atoms with E-state index in [1.165, 1.54) is 11.0 Å². The minimum atomic E-state index is -3.12. The number of nitrogens with zero attached hydrogens (tertiary/aromatic N) is 1. The van der Waals surface area contributed by atoms with E-state index < -0.39 is 34.1 Å². The van der Waals surface area contributed by atoms with Crippen LogP contribution in [0.25, 0.3) is 10.1 Å². The summed E-state index contributed by atoms with van der Waals surface area (Å²) in [5.74, 6) is -1.52. The minimum absolute atomic E-state index is 0.0603. The van der Waals surface area contributed by atoms with Gasteiger partial charge in [-0.05, 0) is 38.0 Å². The van der Waals surface area contributed by atoms with Gasteiger partial charge in [0.1, 0.15) is 10.7 Å². The standard InChI is InChI=1S/C18H20FNO5S2/c1-3-20(12-7-8-27(23,24)10-12)15(21)9-25-18(22)17-11(2)16-13(19)5-4-6-14(16)26-17/h4-6,12H,3,7-10H2,1-2H3/t12-/m1/s1. The molecule has 0 aliphatic carbocycles. The molecule has 9 heteroatoms. The van der Waals surface area contributed by atoms with Gasteiger partial charge in [0, 0.05) is 22.7 Å². The quantitative estimate of drug-likeness (QED) is 0.704.